The molecule has 19 heavy (non-hydrogen) atoms. The molecule has 1 unspecified atom stereocenters. The quantitative estimate of drug-likeness (QED) is 0.831. The number of carbonyl (C=O) groups excluding carboxylic acids is 1. The summed E-state index contributed by atoms with van der Waals surface area (Å²) in [6.45, 7) is 1.52. The molecule has 0 aliphatic rings. The minimum atomic E-state index is -4.81. The lowest BCUT2D eigenvalue weighted by atomic mass is 10.1. The summed E-state index contributed by atoms with van der Waals surface area (Å²) < 4.78 is 50.8. The fourth-order valence-electron chi connectivity index (χ4n) is 1.44. The molecule has 0 spiro atoms. The number of carbonyl (C=O) groups is 1. The fourth-order valence-corrected chi connectivity index (χ4v) is 1.44. The van der Waals surface area contributed by atoms with Gasteiger partial charge in [0.15, 0.2) is 0 Å². The Bertz CT molecular complexity index is 458. The highest BCUT2D eigenvalue weighted by Crippen LogP contribution is 2.32. The van der Waals surface area contributed by atoms with E-state index in [1.807, 2.05) is 0 Å². The summed E-state index contributed by atoms with van der Waals surface area (Å²) in [5, 5.41) is 11.2. The van der Waals surface area contributed by atoms with Crippen molar-refractivity contribution in [2.45, 2.75) is 25.6 Å². The highest BCUT2D eigenvalue weighted by Gasteiger charge is 2.35. The molecule has 0 fully saturated rings. The van der Waals surface area contributed by atoms with Gasteiger partial charge in [-0.25, -0.2) is 4.39 Å². The normalized spacial score (nSPS) is 13.2. The molecule has 0 radical (unpaired) electrons. The monoisotopic (exact) mass is 279 g/mol. The van der Waals surface area contributed by atoms with E-state index in [1.165, 1.54) is 6.92 Å². The smallest absolute Gasteiger partial charge is 0.393 e. The number of rotatable bonds is 4. The van der Waals surface area contributed by atoms with Gasteiger partial charge < -0.3 is 10.4 Å². The zero-order chi connectivity index (χ0) is 14.6. The molecule has 1 rings (SSSR count). The third kappa shape index (κ3) is 4.51. The highest BCUT2D eigenvalue weighted by atomic mass is 19.4. The number of benzene rings is 1. The second-order valence-corrected chi connectivity index (χ2v) is 4.08. The summed E-state index contributed by atoms with van der Waals surface area (Å²) in [6.07, 6.45) is -5.26. The first kappa shape index (κ1) is 15.4. The molecule has 1 aromatic carbocycles. The van der Waals surface area contributed by atoms with Crippen LogP contribution in [0.2, 0.25) is 0 Å². The molecule has 0 saturated heterocycles. The molecule has 1 atom stereocenters. The Hall–Kier alpha value is -1.63. The number of hydrogen-bond acceptors (Lipinski definition) is 2. The van der Waals surface area contributed by atoms with Crippen LogP contribution in [-0.2, 0) is 6.18 Å². The molecule has 3 nitrogen and oxygen atoms in total. The molecular weight excluding hydrogens is 266 g/mol. The van der Waals surface area contributed by atoms with E-state index in [-0.39, 0.29) is 19.0 Å². The lowest BCUT2D eigenvalue weighted by Gasteiger charge is -2.13. The van der Waals surface area contributed by atoms with Crippen molar-refractivity contribution in [2.75, 3.05) is 6.54 Å². The Kier molecular flexibility index (Phi) is 4.88. The van der Waals surface area contributed by atoms with Crippen LogP contribution in [0.15, 0.2) is 18.2 Å². The third-order valence-corrected chi connectivity index (χ3v) is 2.38. The van der Waals surface area contributed by atoms with Gasteiger partial charge >= 0.3 is 6.18 Å². The maximum absolute atomic E-state index is 12.8. The molecule has 0 aliphatic heterocycles. The van der Waals surface area contributed by atoms with Gasteiger partial charge in [-0.1, -0.05) is 0 Å². The molecule has 0 aliphatic carbocycles. The molecule has 1 amide bonds. The first-order chi connectivity index (χ1) is 8.71. The van der Waals surface area contributed by atoms with Crippen LogP contribution in [-0.4, -0.2) is 23.7 Å². The van der Waals surface area contributed by atoms with Gasteiger partial charge in [0, 0.05) is 6.54 Å². The molecule has 2 N–H and O–H groups in total. The molecule has 106 valence electrons. The van der Waals surface area contributed by atoms with Gasteiger partial charge in [-0.05, 0) is 31.5 Å². The summed E-state index contributed by atoms with van der Waals surface area (Å²) in [6, 6.07) is 1.86. The lowest BCUT2D eigenvalue weighted by molar-refractivity contribution is -0.138. The second-order valence-electron chi connectivity index (χ2n) is 4.08. The first-order valence-corrected chi connectivity index (χ1v) is 5.55. The van der Waals surface area contributed by atoms with Gasteiger partial charge in [0.05, 0.1) is 17.2 Å². The largest absolute Gasteiger partial charge is 0.417 e. The van der Waals surface area contributed by atoms with E-state index < -0.39 is 35.1 Å². The van der Waals surface area contributed by atoms with E-state index in [2.05, 4.69) is 5.32 Å². The van der Waals surface area contributed by atoms with Crippen LogP contribution in [0.5, 0.6) is 0 Å². The standard InChI is InChI=1S/C12H13F4NO2/c1-7(18)4-5-17-11(19)9-3-2-8(13)6-10(9)12(14,15)16/h2-3,6-7,18H,4-5H2,1H3,(H,17,19). The van der Waals surface area contributed by atoms with Crippen LogP contribution in [0.25, 0.3) is 0 Å². The predicted octanol–water partition coefficient (Wildman–Crippen LogP) is 2.35. The van der Waals surface area contributed by atoms with Gasteiger partial charge in [0.25, 0.3) is 5.91 Å². The average Bonchev–Trinajstić information content (AvgIpc) is 2.27. The van der Waals surface area contributed by atoms with Crippen LogP contribution >= 0.6 is 0 Å². The highest BCUT2D eigenvalue weighted by molar-refractivity contribution is 5.95. The number of alkyl halides is 3. The van der Waals surface area contributed by atoms with Crippen molar-refractivity contribution >= 4 is 5.91 Å². The number of hydrogen-bond donors (Lipinski definition) is 2. The fraction of sp³-hybridized carbons (Fsp3) is 0.417. The summed E-state index contributed by atoms with van der Waals surface area (Å²) >= 11 is 0. The summed E-state index contributed by atoms with van der Waals surface area (Å²) in [7, 11) is 0. The van der Waals surface area contributed by atoms with Crippen LogP contribution in [0.1, 0.15) is 29.3 Å². The minimum Gasteiger partial charge on any atom is -0.393 e. The Morgan fingerprint density at radius 3 is 2.58 bits per heavy atom. The van der Waals surface area contributed by atoms with Crippen molar-refractivity contribution in [3.8, 4) is 0 Å². The number of aliphatic hydroxyl groups is 1. The van der Waals surface area contributed by atoms with Crippen molar-refractivity contribution < 1.29 is 27.5 Å². The van der Waals surface area contributed by atoms with Crippen LogP contribution in [0.3, 0.4) is 0 Å². The number of nitrogens with one attached hydrogen (secondary N) is 1. The van der Waals surface area contributed by atoms with Gasteiger partial charge in [-0.15, -0.1) is 0 Å². The van der Waals surface area contributed by atoms with Gasteiger partial charge in [0.2, 0.25) is 0 Å². The van der Waals surface area contributed by atoms with E-state index >= 15 is 0 Å². The SMILES string of the molecule is CC(O)CCNC(=O)c1ccc(F)cc1C(F)(F)F. The van der Waals surface area contributed by atoms with Crippen molar-refractivity contribution in [1.29, 1.82) is 0 Å². The molecular formula is C12H13F4NO2. The van der Waals surface area contributed by atoms with Crippen LogP contribution < -0.4 is 5.32 Å². The Morgan fingerprint density at radius 2 is 2.05 bits per heavy atom. The van der Waals surface area contributed by atoms with E-state index in [0.717, 1.165) is 12.1 Å². The van der Waals surface area contributed by atoms with E-state index in [0.29, 0.717) is 0 Å². The molecule has 0 aromatic heterocycles. The Morgan fingerprint density at radius 1 is 1.42 bits per heavy atom. The first-order valence-electron chi connectivity index (χ1n) is 5.55. The van der Waals surface area contributed by atoms with Crippen molar-refractivity contribution in [3.63, 3.8) is 0 Å². The minimum absolute atomic E-state index is 0.0329. The average molecular weight is 279 g/mol. The molecule has 0 saturated carbocycles. The second kappa shape index (κ2) is 6.01. The molecule has 0 heterocycles. The number of amides is 1. The van der Waals surface area contributed by atoms with Crippen molar-refractivity contribution in [1.82, 2.24) is 5.32 Å². The van der Waals surface area contributed by atoms with E-state index in [4.69, 9.17) is 5.11 Å². The predicted molar refractivity (Wildman–Crippen MR) is 60.0 cm³/mol. The van der Waals surface area contributed by atoms with Gasteiger partial charge in [-0.3, -0.25) is 4.79 Å². The molecule has 7 heteroatoms. The van der Waals surface area contributed by atoms with Crippen molar-refractivity contribution in [2.24, 2.45) is 0 Å². The van der Waals surface area contributed by atoms with Gasteiger partial charge in [0.1, 0.15) is 5.82 Å². The summed E-state index contributed by atoms with van der Waals surface area (Å²) in [5.41, 5.74) is -1.96. The summed E-state index contributed by atoms with van der Waals surface area (Å²) in [5.74, 6) is -2.01. The number of halogens is 4. The lowest BCUT2D eigenvalue weighted by Crippen LogP contribution is -2.28. The van der Waals surface area contributed by atoms with Crippen LogP contribution in [0.4, 0.5) is 17.6 Å². The zero-order valence-corrected chi connectivity index (χ0v) is 10.1. The zero-order valence-electron chi connectivity index (χ0n) is 10.1. The topological polar surface area (TPSA) is 49.3 Å². The number of aliphatic hydroxyl groups excluding tert-OH is 1. The maximum Gasteiger partial charge on any atom is 0.417 e. The molecule has 0 bridgehead atoms. The van der Waals surface area contributed by atoms with Gasteiger partial charge in [-0.2, -0.15) is 13.2 Å². The van der Waals surface area contributed by atoms with Crippen molar-refractivity contribution in [3.05, 3.63) is 35.1 Å². The van der Waals surface area contributed by atoms with E-state index in [1.54, 1.807) is 0 Å². The molecule has 1 aromatic rings. The Balaban J connectivity index is 2.91. The van der Waals surface area contributed by atoms with E-state index in [9.17, 15) is 22.4 Å². The van der Waals surface area contributed by atoms with Crippen LogP contribution in [0, 0.1) is 5.82 Å². The Labute approximate surface area is 107 Å². The summed E-state index contributed by atoms with van der Waals surface area (Å²) in [4.78, 5) is 11.6. The third-order valence-electron chi connectivity index (χ3n) is 2.38. The maximum atomic E-state index is 12.8.